The van der Waals surface area contributed by atoms with Crippen LogP contribution in [0.5, 0.6) is 0 Å². The van der Waals surface area contributed by atoms with Gasteiger partial charge in [0, 0.05) is 22.9 Å². The van der Waals surface area contributed by atoms with E-state index >= 15 is 0 Å². The van der Waals surface area contributed by atoms with Crippen LogP contribution in [0.1, 0.15) is 64.1 Å². The first-order valence-corrected chi connectivity index (χ1v) is 10.7. The summed E-state index contributed by atoms with van der Waals surface area (Å²) in [6.45, 7) is 7.85. The van der Waals surface area contributed by atoms with E-state index in [0.29, 0.717) is 5.92 Å². The molecule has 28 heavy (non-hydrogen) atoms. The van der Waals surface area contributed by atoms with Crippen molar-refractivity contribution in [3.05, 3.63) is 70.0 Å². The fraction of sp³-hybridized carbons (Fsp3) is 0.348. The number of ketones is 1. The van der Waals surface area contributed by atoms with E-state index in [4.69, 9.17) is 0 Å². The van der Waals surface area contributed by atoms with Crippen molar-refractivity contribution in [1.29, 1.82) is 0 Å². The van der Waals surface area contributed by atoms with Crippen molar-refractivity contribution in [1.82, 2.24) is 14.8 Å². The first-order valence-electron chi connectivity index (χ1n) is 9.71. The lowest BCUT2D eigenvalue weighted by Gasteiger charge is -2.16. The van der Waals surface area contributed by atoms with Crippen LogP contribution in [0.2, 0.25) is 0 Å². The lowest BCUT2D eigenvalue weighted by atomic mass is 9.92. The van der Waals surface area contributed by atoms with Gasteiger partial charge in [0.05, 0.1) is 0 Å². The fourth-order valence-corrected chi connectivity index (χ4v) is 5.07. The zero-order valence-corrected chi connectivity index (χ0v) is 17.6. The molecule has 1 aliphatic rings. The van der Waals surface area contributed by atoms with Crippen LogP contribution < -0.4 is 0 Å². The Morgan fingerprint density at radius 3 is 2.46 bits per heavy atom. The van der Waals surface area contributed by atoms with Crippen molar-refractivity contribution < 1.29 is 4.79 Å². The lowest BCUT2D eigenvalue weighted by Crippen LogP contribution is -2.06. The number of hydrogen-bond donors (Lipinski definition) is 0. The van der Waals surface area contributed by atoms with Crippen LogP contribution in [0.4, 0.5) is 0 Å². The SMILES string of the molecule is CC(=O)c1c(C)cc(C)c(CSc2nnc(C3CC3)n2-c2ccccc2)c1C. The minimum atomic E-state index is 0.129. The van der Waals surface area contributed by atoms with Gasteiger partial charge in [-0.1, -0.05) is 36.0 Å². The Hall–Kier alpha value is -2.40. The van der Waals surface area contributed by atoms with Crippen LogP contribution in [0, 0.1) is 20.8 Å². The third-order valence-electron chi connectivity index (χ3n) is 5.44. The number of rotatable bonds is 6. The summed E-state index contributed by atoms with van der Waals surface area (Å²) in [4.78, 5) is 12.1. The summed E-state index contributed by atoms with van der Waals surface area (Å²) in [5, 5.41) is 9.94. The molecule has 2 aromatic carbocycles. The van der Waals surface area contributed by atoms with Gasteiger partial charge >= 0.3 is 0 Å². The molecule has 0 unspecified atom stereocenters. The molecule has 0 atom stereocenters. The normalized spacial score (nSPS) is 13.7. The number of para-hydroxylation sites is 1. The lowest BCUT2D eigenvalue weighted by molar-refractivity contribution is 0.101. The van der Waals surface area contributed by atoms with Gasteiger partial charge in [-0.05, 0) is 74.9 Å². The number of thioether (sulfide) groups is 1. The van der Waals surface area contributed by atoms with Gasteiger partial charge in [-0.15, -0.1) is 10.2 Å². The van der Waals surface area contributed by atoms with E-state index in [2.05, 4.69) is 46.8 Å². The minimum absolute atomic E-state index is 0.129. The number of carbonyl (C=O) groups is 1. The summed E-state index contributed by atoms with van der Waals surface area (Å²) in [6, 6.07) is 12.5. The Labute approximate surface area is 170 Å². The average Bonchev–Trinajstić information content (AvgIpc) is 3.41. The number of benzene rings is 2. The highest BCUT2D eigenvalue weighted by Crippen LogP contribution is 2.41. The number of hydrogen-bond acceptors (Lipinski definition) is 4. The molecule has 4 rings (SSSR count). The predicted octanol–water partition coefficient (Wildman–Crippen LogP) is 5.56. The average molecular weight is 392 g/mol. The van der Waals surface area contributed by atoms with Crippen LogP contribution in [0.25, 0.3) is 5.69 Å². The third-order valence-corrected chi connectivity index (χ3v) is 6.40. The van der Waals surface area contributed by atoms with Crippen molar-refractivity contribution in [2.45, 2.75) is 57.4 Å². The molecule has 0 amide bonds. The molecule has 0 spiro atoms. The fourth-order valence-electron chi connectivity index (χ4n) is 3.93. The van der Waals surface area contributed by atoms with Gasteiger partial charge in [-0.2, -0.15) is 0 Å². The molecule has 1 heterocycles. The number of Topliss-reactive ketones (excluding diaryl/α,β-unsaturated/α-hetero) is 1. The zero-order valence-electron chi connectivity index (χ0n) is 16.8. The summed E-state index contributed by atoms with van der Waals surface area (Å²) >= 11 is 1.69. The molecular formula is C23H25N3OS. The topological polar surface area (TPSA) is 47.8 Å². The molecule has 1 aromatic heterocycles. The molecular weight excluding hydrogens is 366 g/mol. The highest BCUT2D eigenvalue weighted by molar-refractivity contribution is 7.98. The largest absolute Gasteiger partial charge is 0.294 e. The van der Waals surface area contributed by atoms with Crippen molar-refractivity contribution in [3.8, 4) is 5.69 Å². The van der Waals surface area contributed by atoms with Gasteiger partial charge in [-0.3, -0.25) is 9.36 Å². The van der Waals surface area contributed by atoms with Crippen LogP contribution in [-0.4, -0.2) is 20.5 Å². The highest BCUT2D eigenvalue weighted by Gasteiger charge is 2.31. The Balaban J connectivity index is 1.69. The predicted molar refractivity (Wildman–Crippen MR) is 114 cm³/mol. The van der Waals surface area contributed by atoms with Crippen molar-refractivity contribution in [3.63, 3.8) is 0 Å². The first kappa shape index (κ1) is 18.9. The van der Waals surface area contributed by atoms with Gasteiger partial charge in [0.2, 0.25) is 0 Å². The second kappa shape index (κ2) is 7.55. The Morgan fingerprint density at radius 2 is 1.82 bits per heavy atom. The van der Waals surface area contributed by atoms with E-state index in [1.807, 2.05) is 25.1 Å². The van der Waals surface area contributed by atoms with Gasteiger partial charge in [0.15, 0.2) is 10.9 Å². The summed E-state index contributed by atoms with van der Waals surface area (Å²) in [7, 11) is 0. The molecule has 0 radical (unpaired) electrons. The van der Waals surface area contributed by atoms with Gasteiger partial charge in [0.25, 0.3) is 0 Å². The smallest absolute Gasteiger partial charge is 0.196 e. The first-order chi connectivity index (χ1) is 13.5. The quantitative estimate of drug-likeness (QED) is 0.407. The second-order valence-corrected chi connectivity index (χ2v) is 8.56. The molecule has 0 N–H and O–H groups in total. The second-order valence-electron chi connectivity index (χ2n) is 7.62. The standard InChI is InChI=1S/C23H25N3OS/c1-14-12-15(2)21(17(4)27)16(3)20(14)13-28-23-25-24-22(18-10-11-18)26(23)19-8-6-5-7-9-19/h5-9,12,18H,10-11,13H2,1-4H3. The Kier molecular flexibility index (Phi) is 5.11. The number of aryl methyl sites for hydroxylation is 2. The molecule has 3 aromatic rings. The highest BCUT2D eigenvalue weighted by atomic mass is 32.2. The van der Waals surface area contributed by atoms with Crippen molar-refractivity contribution in [2.24, 2.45) is 0 Å². The zero-order chi connectivity index (χ0) is 19.8. The van der Waals surface area contributed by atoms with E-state index in [1.54, 1.807) is 18.7 Å². The molecule has 0 saturated heterocycles. The van der Waals surface area contributed by atoms with E-state index < -0.39 is 0 Å². The third kappa shape index (κ3) is 3.51. The van der Waals surface area contributed by atoms with Gasteiger partial charge < -0.3 is 0 Å². The van der Waals surface area contributed by atoms with Crippen molar-refractivity contribution >= 4 is 17.5 Å². The maximum atomic E-state index is 12.1. The molecule has 5 heteroatoms. The Morgan fingerprint density at radius 1 is 1.11 bits per heavy atom. The number of aromatic nitrogens is 3. The molecule has 1 fully saturated rings. The summed E-state index contributed by atoms with van der Waals surface area (Å²) in [5.74, 6) is 2.49. The maximum absolute atomic E-state index is 12.1. The molecule has 4 nitrogen and oxygen atoms in total. The van der Waals surface area contributed by atoms with Crippen molar-refractivity contribution in [2.75, 3.05) is 0 Å². The van der Waals surface area contributed by atoms with Crippen LogP contribution in [0.3, 0.4) is 0 Å². The monoisotopic (exact) mass is 391 g/mol. The van der Waals surface area contributed by atoms with E-state index in [0.717, 1.165) is 39.1 Å². The van der Waals surface area contributed by atoms with E-state index in [1.165, 1.54) is 24.0 Å². The number of carbonyl (C=O) groups excluding carboxylic acids is 1. The Bertz CT molecular complexity index is 1040. The minimum Gasteiger partial charge on any atom is -0.294 e. The summed E-state index contributed by atoms with van der Waals surface area (Å²) < 4.78 is 2.20. The summed E-state index contributed by atoms with van der Waals surface area (Å²) in [5.41, 5.74) is 6.55. The van der Waals surface area contributed by atoms with Crippen LogP contribution >= 0.6 is 11.8 Å². The molecule has 0 bridgehead atoms. The van der Waals surface area contributed by atoms with E-state index in [-0.39, 0.29) is 5.78 Å². The van der Waals surface area contributed by atoms with Gasteiger partial charge in [0.1, 0.15) is 5.82 Å². The maximum Gasteiger partial charge on any atom is 0.196 e. The molecule has 144 valence electrons. The summed E-state index contributed by atoms with van der Waals surface area (Å²) in [6.07, 6.45) is 2.38. The van der Waals surface area contributed by atoms with Crippen LogP contribution in [0.15, 0.2) is 41.6 Å². The van der Waals surface area contributed by atoms with E-state index in [9.17, 15) is 4.79 Å². The molecule has 1 saturated carbocycles. The van der Waals surface area contributed by atoms with Crippen LogP contribution in [-0.2, 0) is 5.75 Å². The molecule has 0 aliphatic heterocycles. The van der Waals surface area contributed by atoms with Gasteiger partial charge in [-0.25, -0.2) is 0 Å². The number of nitrogens with zero attached hydrogens (tertiary/aromatic N) is 3. The molecule has 1 aliphatic carbocycles.